The molecule has 1 aromatic carbocycles. The molecule has 5 nitrogen and oxygen atoms in total. The molecule has 0 saturated carbocycles. The highest BCUT2D eigenvalue weighted by molar-refractivity contribution is 6.04. The molecule has 0 spiro atoms. The summed E-state index contributed by atoms with van der Waals surface area (Å²) in [6.45, 7) is 4.12. The van der Waals surface area contributed by atoms with Crippen LogP contribution in [-0.4, -0.2) is 42.0 Å². The fraction of sp³-hybridized carbons (Fsp3) is 0.500. The number of benzene rings is 1. The second kappa shape index (κ2) is 7.15. The van der Waals surface area contributed by atoms with Crippen molar-refractivity contribution >= 4 is 16.6 Å². The van der Waals surface area contributed by atoms with E-state index in [4.69, 9.17) is 10.1 Å². The summed E-state index contributed by atoms with van der Waals surface area (Å²) in [5.74, 6) is 0.495. The lowest BCUT2D eigenvalue weighted by molar-refractivity contribution is 0.152. The van der Waals surface area contributed by atoms with Crippen LogP contribution in [-0.2, 0) is 4.74 Å². The lowest BCUT2D eigenvalue weighted by Gasteiger charge is -2.23. The van der Waals surface area contributed by atoms with Crippen molar-refractivity contribution in [3.8, 4) is 0 Å². The van der Waals surface area contributed by atoms with Crippen LogP contribution in [0.15, 0.2) is 24.5 Å². The zero-order valence-electron chi connectivity index (χ0n) is 13.8. The van der Waals surface area contributed by atoms with Gasteiger partial charge < -0.3 is 15.5 Å². The number of rotatable bonds is 5. The predicted octanol–water partition coefficient (Wildman–Crippen LogP) is 2.89. The van der Waals surface area contributed by atoms with Gasteiger partial charge in [-0.3, -0.25) is 0 Å². The van der Waals surface area contributed by atoms with Crippen LogP contribution in [0, 0.1) is 5.41 Å². The smallest absolute Gasteiger partial charge is 0.116 e. The Morgan fingerprint density at radius 1 is 1.35 bits per heavy atom. The predicted molar refractivity (Wildman–Crippen MR) is 92.3 cm³/mol. The zero-order valence-corrected chi connectivity index (χ0v) is 13.8. The van der Waals surface area contributed by atoms with Crippen LogP contribution in [0.5, 0.6) is 0 Å². The average molecular weight is 312 g/mol. The number of piperidine rings is 1. The number of methoxy groups -OCH3 is 1. The Morgan fingerprint density at radius 3 is 2.83 bits per heavy atom. The maximum absolute atomic E-state index is 8.33. The Morgan fingerprint density at radius 2 is 2.13 bits per heavy atom. The van der Waals surface area contributed by atoms with E-state index in [1.165, 1.54) is 0 Å². The minimum absolute atomic E-state index is 0.168. The van der Waals surface area contributed by atoms with E-state index < -0.39 is 0 Å². The second-order valence-electron chi connectivity index (χ2n) is 6.06. The average Bonchev–Trinajstić information content (AvgIpc) is 2.62. The van der Waals surface area contributed by atoms with E-state index in [9.17, 15) is 0 Å². The Hall–Kier alpha value is -1.85. The van der Waals surface area contributed by atoms with Crippen LogP contribution in [0.3, 0.4) is 0 Å². The van der Waals surface area contributed by atoms with Crippen LogP contribution in [0.2, 0.25) is 0 Å². The van der Waals surface area contributed by atoms with Crippen molar-refractivity contribution in [1.29, 1.82) is 5.41 Å². The number of nitrogens with one attached hydrogen (secondary N) is 2. The van der Waals surface area contributed by atoms with Gasteiger partial charge in [-0.1, -0.05) is 19.1 Å². The topological polar surface area (TPSA) is 70.9 Å². The molecule has 0 radical (unpaired) electrons. The largest absolute Gasteiger partial charge is 0.375 e. The molecule has 2 heterocycles. The summed E-state index contributed by atoms with van der Waals surface area (Å²) in [5.41, 5.74) is 3.45. The minimum atomic E-state index is -0.168. The number of ether oxygens (including phenoxy) is 1. The molecule has 2 aromatic rings. The van der Waals surface area contributed by atoms with Crippen molar-refractivity contribution < 1.29 is 4.74 Å². The van der Waals surface area contributed by atoms with Gasteiger partial charge in [0.1, 0.15) is 6.33 Å². The molecular weight excluding hydrogens is 288 g/mol. The molecule has 1 aliphatic rings. The van der Waals surface area contributed by atoms with E-state index in [2.05, 4.69) is 21.4 Å². The van der Waals surface area contributed by atoms with E-state index in [-0.39, 0.29) is 6.10 Å². The van der Waals surface area contributed by atoms with Crippen LogP contribution in [0.1, 0.15) is 43.4 Å². The number of aromatic nitrogens is 2. The maximum Gasteiger partial charge on any atom is 0.116 e. The van der Waals surface area contributed by atoms with Crippen molar-refractivity contribution in [2.45, 2.75) is 38.2 Å². The second-order valence-corrected chi connectivity index (χ2v) is 6.06. The van der Waals surface area contributed by atoms with Gasteiger partial charge in [-0.05, 0) is 38.4 Å². The molecule has 0 amide bonds. The van der Waals surface area contributed by atoms with E-state index in [1.54, 1.807) is 13.4 Å². The van der Waals surface area contributed by atoms with Crippen LogP contribution < -0.4 is 5.32 Å². The van der Waals surface area contributed by atoms with Gasteiger partial charge in [-0.25, -0.2) is 9.97 Å². The van der Waals surface area contributed by atoms with Gasteiger partial charge >= 0.3 is 0 Å². The first kappa shape index (κ1) is 16.0. The zero-order chi connectivity index (χ0) is 16.2. The quantitative estimate of drug-likeness (QED) is 0.833. The highest BCUT2D eigenvalue weighted by Crippen LogP contribution is 2.29. The third kappa shape index (κ3) is 3.26. The van der Waals surface area contributed by atoms with E-state index in [1.807, 2.05) is 19.1 Å². The maximum atomic E-state index is 8.33. The number of nitrogens with zero attached hydrogens (tertiary/aromatic N) is 2. The molecule has 0 bridgehead atoms. The van der Waals surface area contributed by atoms with Gasteiger partial charge in [-0.15, -0.1) is 0 Å². The van der Waals surface area contributed by atoms with Crippen LogP contribution >= 0.6 is 0 Å². The van der Waals surface area contributed by atoms with Gasteiger partial charge in [-0.2, -0.15) is 0 Å². The molecule has 23 heavy (non-hydrogen) atoms. The molecule has 1 aromatic heterocycles. The molecule has 0 unspecified atom stereocenters. The van der Waals surface area contributed by atoms with Gasteiger partial charge in [0.05, 0.1) is 23.0 Å². The fourth-order valence-corrected chi connectivity index (χ4v) is 3.34. The first-order valence-corrected chi connectivity index (χ1v) is 8.31. The van der Waals surface area contributed by atoms with Gasteiger partial charge in [0.2, 0.25) is 0 Å². The van der Waals surface area contributed by atoms with E-state index >= 15 is 0 Å². The highest BCUT2D eigenvalue weighted by atomic mass is 16.5. The van der Waals surface area contributed by atoms with Crippen molar-refractivity contribution in [3.05, 3.63) is 35.8 Å². The molecule has 122 valence electrons. The van der Waals surface area contributed by atoms with Crippen LogP contribution in [0.4, 0.5) is 0 Å². The third-order valence-electron chi connectivity index (χ3n) is 4.68. The summed E-state index contributed by atoms with van der Waals surface area (Å²) in [7, 11) is 1.65. The third-order valence-corrected chi connectivity index (χ3v) is 4.68. The molecule has 2 N–H and O–H groups in total. The fourth-order valence-electron chi connectivity index (χ4n) is 3.34. The van der Waals surface area contributed by atoms with Gasteiger partial charge in [0.15, 0.2) is 0 Å². The summed E-state index contributed by atoms with van der Waals surface area (Å²) in [6, 6.07) is 6.06. The molecule has 0 aliphatic carbocycles. The number of fused-ring (bicyclic) bond motifs is 1. The van der Waals surface area contributed by atoms with Crippen molar-refractivity contribution in [2.24, 2.45) is 0 Å². The van der Waals surface area contributed by atoms with Crippen LogP contribution in [0.25, 0.3) is 10.9 Å². The Balaban J connectivity index is 1.96. The lowest BCUT2D eigenvalue weighted by atomic mass is 9.91. The Bertz CT molecular complexity index is 690. The normalized spacial score (nSPS) is 17.3. The van der Waals surface area contributed by atoms with E-state index in [0.717, 1.165) is 54.5 Å². The highest BCUT2D eigenvalue weighted by Gasteiger charge is 2.20. The molecule has 5 heteroatoms. The van der Waals surface area contributed by atoms with Crippen molar-refractivity contribution in [3.63, 3.8) is 0 Å². The Kier molecular flexibility index (Phi) is 4.98. The SMILES string of the molecule is CC[C@H](OC)C(=N)c1ccc2c(C3CCNCC3)ncnc2c1. The van der Waals surface area contributed by atoms with Gasteiger partial charge in [0.25, 0.3) is 0 Å². The van der Waals surface area contributed by atoms with Crippen molar-refractivity contribution in [2.75, 3.05) is 20.2 Å². The molecule has 1 fully saturated rings. The molecule has 1 atom stereocenters. The summed E-state index contributed by atoms with van der Waals surface area (Å²) in [5, 5.41) is 12.8. The van der Waals surface area contributed by atoms with Crippen molar-refractivity contribution in [1.82, 2.24) is 15.3 Å². The molecule has 3 rings (SSSR count). The Labute approximate surface area is 137 Å². The summed E-state index contributed by atoms with van der Waals surface area (Å²) in [6.07, 6.45) is 4.51. The summed E-state index contributed by atoms with van der Waals surface area (Å²) >= 11 is 0. The summed E-state index contributed by atoms with van der Waals surface area (Å²) in [4.78, 5) is 8.98. The molecule has 1 aliphatic heterocycles. The standard InChI is InChI=1S/C18H24N4O/c1-3-16(23-2)17(19)13-4-5-14-15(10-13)21-11-22-18(14)12-6-8-20-9-7-12/h4-5,10-12,16,19-20H,3,6-9H2,1-2H3/t16-/m0/s1. The molecule has 1 saturated heterocycles. The van der Waals surface area contributed by atoms with Gasteiger partial charge in [0, 0.05) is 24.0 Å². The first-order valence-electron chi connectivity index (χ1n) is 8.31. The summed E-state index contributed by atoms with van der Waals surface area (Å²) < 4.78 is 5.38. The number of hydrogen-bond donors (Lipinski definition) is 2. The molecular formula is C18H24N4O. The minimum Gasteiger partial charge on any atom is -0.375 e. The van der Waals surface area contributed by atoms with E-state index in [0.29, 0.717) is 11.6 Å². The first-order chi connectivity index (χ1) is 11.2. The monoisotopic (exact) mass is 312 g/mol. The number of hydrogen-bond acceptors (Lipinski definition) is 5. The lowest BCUT2D eigenvalue weighted by Crippen LogP contribution is -2.27.